The number of rotatable bonds is 9. The minimum atomic E-state index is -0.195. The molecule has 45 heavy (non-hydrogen) atoms. The van der Waals surface area contributed by atoms with Crippen LogP contribution in [0.5, 0.6) is 11.5 Å². The number of aromatic nitrogens is 4. The van der Waals surface area contributed by atoms with Crippen LogP contribution < -0.4 is 9.47 Å². The summed E-state index contributed by atoms with van der Waals surface area (Å²) in [7, 11) is 1.97. The summed E-state index contributed by atoms with van der Waals surface area (Å²) in [6.07, 6.45) is 6.25. The minimum absolute atomic E-state index is 0.0637. The quantitative estimate of drug-likeness (QED) is 0.204. The number of nitrogens with zero attached hydrogens (tertiary/aromatic N) is 5. The second kappa shape index (κ2) is 12.1. The van der Waals surface area contributed by atoms with Crippen LogP contribution in [0, 0.1) is 6.92 Å². The zero-order valence-electron chi connectivity index (χ0n) is 27.0. The number of carbonyl (C=O) groups excluding carboxylic acids is 1. The molecule has 1 aliphatic carbocycles. The Labute approximate surface area is 264 Å². The molecule has 4 aromatic rings. The first kappa shape index (κ1) is 29.7. The minimum Gasteiger partial charge on any atom is -0.493 e. The van der Waals surface area contributed by atoms with Gasteiger partial charge in [-0.15, -0.1) is 5.10 Å². The van der Waals surface area contributed by atoms with Crippen LogP contribution in [0.2, 0.25) is 0 Å². The maximum absolute atomic E-state index is 13.2. The molecule has 1 fully saturated rings. The third-order valence-electron chi connectivity index (χ3n) is 9.86. The lowest BCUT2D eigenvalue weighted by Gasteiger charge is -2.29. The van der Waals surface area contributed by atoms with Gasteiger partial charge in [-0.05, 0) is 85.9 Å². The molecule has 0 spiro atoms. The molecule has 1 unspecified atom stereocenters. The summed E-state index contributed by atoms with van der Waals surface area (Å²) in [4.78, 5) is 20.4. The molecule has 0 amide bonds. The molecule has 9 nitrogen and oxygen atoms in total. The van der Waals surface area contributed by atoms with Crippen LogP contribution in [0.15, 0.2) is 36.5 Å². The fraction of sp³-hybridized carbons (Fsp3) is 0.500. The largest absolute Gasteiger partial charge is 0.493 e. The molecule has 0 bridgehead atoms. The van der Waals surface area contributed by atoms with Crippen LogP contribution >= 0.6 is 0 Å². The molecule has 9 heteroatoms. The van der Waals surface area contributed by atoms with Gasteiger partial charge in [-0.3, -0.25) is 14.7 Å². The van der Waals surface area contributed by atoms with E-state index in [4.69, 9.17) is 19.2 Å². The normalized spacial score (nSPS) is 20.2. The Balaban J connectivity index is 1.33. The Morgan fingerprint density at radius 3 is 2.82 bits per heavy atom. The highest BCUT2D eigenvalue weighted by Gasteiger charge is 2.34. The molecule has 2 aromatic heterocycles. The number of carbonyl (C=O) groups is 1. The maximum atomic E-state index is 13.2. The van der Waals surface area contributed by atoms with E-state index in [0.29, 0.717) is 25.7 Å². The molecule has 236 valence electrons. The fourth-order valence-electron chi connectivity index (χ4n) is 7.27. The summed E-state index contributed by atoms with van der Waals surface area (Å²) < 4.78 is 20.1. The topological polar surface area (TPSA) is 91.6 Å². The van der Waals surface area contributed by atoms with Crippen molar-refractivity contribution in [1.82, 2.24) is 24.9 Å². The molecule has 7 rings (SSSR count). The summed E-state index contributed by atoms with van der Waals surface area (Å²) in [5.74, 6) is 1.96. The van der Waals surface area contributed by atoms with E-state index in [0.717, 1.165) is 69.9 Å². The molecule has 0 saturated heterocycles. The molecule has 2 aromatic carbocycles. The summed E-state index contributed by atoms with van der Waals surface area (Å²) in [6.45, 7) is 10.8. The molecule has 1 saturated carbocycles. The van der Waals surface area contributed by atoms with Crippen molar-refractivity contribution < 1.29 is 19.0 Å². The number of fused-ring (bicyclic) bond motifs is 3. The van der Waals surface area contributed by atoms with Crippen LogP contribution in [-0.2, 0) is 29.5 Å². The van der Waals surface area contributed by atoms with E-state index < -0.39 is 0 Å². The fourth-order valence-corrected chi connectivity index (χ4v) is 7.27. The van der Waals surface area contributed by atoms with E-state index in [-0.39, 0.29) is 30.5 Å². The van der Waals surface area contributed by atoms with Crippen molar-refractivity contribution in [1.29, 1.82) is 0 Å². The molecule has 2 aliphatic heterocycles. The average Bonchev–Trinajstić information content (AvgIpc) is 3.67. The average molecular weight is 610 g/mol. The maximum Gasteiger partial charge on any atom is 0.306 e. The first-order valence-corrected chi connectivity index (χ1v) is 16.5. The SMILES string of the molecule is CCOC(=O)CC(c1cc2c(c(CN3C[C@@H](CC)Oc4cccnc4[C@@H]3C)c1)OCC2)c1cc(C2CC2)c2c(nnn2C)c1C. The van der Waals surface area contributed by atoms with E-state index in [9.17, 15) is 4.79 Å². The van der Waals surface area contributed by atoms with Gasteiger partial charge in [0.2, 0.25) is 0 Å². The Morgan fingerprint density at radius 2 is 2.04 bits per heavy atom. The molecule has 4 heterocycles. The van der Waals surface area contributed by atoms with Gasteiger partial charge in [-0.1, -0.05) is 30.3 Å². The van der Waals surface area contributed by atoms with Gasteiger partial charge in [-0.2, -0.15) is 0 Å². The van der Waals surface area contributed by atoms with Gasteiger partial charge >= 0.3 is 5.97 Å². The van der Waals surface area contributed by atoms with Crippen molar-refractivity contribution in [2.75, 3.05) is 19.8 Å². The van der Waals surface area contributed by atoms with Gasteiger partial charge in [0.25, 0.3) is 0 Å². The summed E-state index contributed by atoms with van der Waals surface area (Å²) in [5.41, 5.74) is 9.91. The lowest BCUT2D eigenvalue weighted by atomic mass is 9.82. The number of ether oxygens (including phenoxy) is 3. The molecular formula is C36H43N5O4. The van der Waals surface area contributed by atoms with Crippen LogP contribution in [-0.4, -0.2) is 56.7 Å². The Kier molecular flexibility index (Phi) is 7.98. The Morgan fingerprint density at radius 1 is 1.20 bits per heavy atom. The highest BCUT2D eigenvalue weighted by atomic mass is 16.5. The van der Waals surface area contributed by atoms with Crippen molar-refractivity contribution in [3.63, 3.8) is 0 Å². The predicted molar refractivity (Wildman–Crippen MR) is 172 cm³/mol. The summed E-state index contributed by atoms with van der Waals surface area (Å²) >= 11 is 0. The van der Waals surface area contributed by atoms with Gasteiger partial charge in [0.1, 0.15) is 23.1 Å². The smallest absolute Gasteiger partial charge is 0.306 e. The molecule has 0 N–H and O–H groups in total. The Hall–Kier alpha value is -3.98. The standard InChI is InChI=1S/C36H43N5O4/c1-6-27-20-41(22(4)34-31(45-27)9-8-13-37-34)19-26-16-25(15-24-12-14-44-36(24)26)29(18-32(42)43-7-2)28-17-30(23-10-11-23)35-33(21(28)3)38-39-40(35)5/h8-9,13,15-17,22-23,27,29H,6-7,10-12,14,18-20H2,1-5H3/t22-,27+,29?/m0/s1. The zero-order valence-corrected chi connectivity index (χ0v) is 27.0. The van der Waals surface area contributed by atoms with Crippen molar-refractivity contribution >= 4 is 17.0 Å². The van der Waals surface area contributed by atoms with Crippen LogP contribution in [0.4, 0.5) is 0 Å². The molecule has 0 radical (unpaired) electrons. The van der Waals surface area contributed by atoms with Crippen molar-refractivity contribution in [3.05, 3.63) is 75.6 Å². The molecular weight excluding hydrogens is 566 g/mol. The third kappa shape index (κ3) is 5.56. The van der Waals surface area contributed by atoms with Crippen molar-refractivity contribution in [2.24, 2.45) is 7.05 Å². The molecule has 3 aliphatic rings. The van der Waals surface area contributed by atoms with Crippen LogP contribution in [0.25, 0.3) is 11.0 Å². The zero-order chi connectivity index (χ0) is 31.2. The predicted octanol–water partition coefficient (Wildman–Crippen LogP) is 6.30. The first-order chi connectivity index (χ1) is 21.9. The second-order valence-electron chi connectivity index (χ2n) is 12.8. The monoisotopic (exact) mass is 609 g/mol. The highest BCUT2D eigenvalue weighted by molar-refractivity contribution is 5.84. The van der Waals surface area contributed by atoms with Gasteiger partial charge < -0.3 is 14.2 Å². The van der Waals surface area contributed by atoms with Crippen LogP contribution in [0.1, 0.15) is 103 Å². The Bertz CT molecular complexity index is 1750. The highest BCUT2D eigenvalue weighted by Crippen LogP contribution is 2.47. The van der Waals surface area contributed by atoms with E-state index >= 15 is 0 Å². The van der Waals surface area contributed by atoms with Gasteiger partial charge in [0.15, 0.2) is 0 Å². The lowest BCUT2D eigenvalue weighted by Crippen LogP contribution is -2.34. The van der Waals surface area contributed by atoms with Crippen LogP contribution in [0.3, 0.4) is 0 Å². The number of aryl methyl sites for hydroxylation is 2. The lowest BCUT2D eigenvalue weighted by molar-refractivity contribution is -0.143. The van der Waals surface area contributed by atoms with Gasteiger partial charge in [0.05, 0.1) is 36.9 Å². The summed E-state index contributed by atoms with van der Waals surface area (Å²) in [6, 6.07) is 10.9. The molecule has 3 atom stereocenters. The van der Waals surface area contributed by atoms with E-state index in [1.165, 1.54) is 24.0 Å². The van der Waals surface area contributed by atoms with Crippen molar-refractivity contribution in [2.45, 2.75) is 90.3 Å². The van der Waals surface area contributed by atoms with Gasteiger partial charge in [0, 0.05) is 44.2 Å². The van der Waals surface area contributed by atoms with Gasteiger partial charge in [-0.25, -0.2) is 4.68 Å². The number of esters is 1. The third-order valence-corrected chi connectivity index (χ3v) is 9.86. The number of hydrogen-bond acceptors (Lipinski definition) is 8. The summed E-state index contributed by atoms with van der Waals surface area (Å²) in [5, 5.41) is 9.00. The number of benzene rings is 2. The second-order valence-corrected chi connectivity index (χ2v) is 12.8. The van der Waals surface area contributed by atoms with E-state index in [1.54, 1.807) is 0 Å². The van der Waals surface area contributed by atoms with Crippen molar-refractivity contribution in [3.8, 4) is 11.5 Å². The number of pyridine rings is 1. The number of hydrogen-bond donors (Lipinski definition) is 0. The van der Waals surface area contributed by atoms with E-state index in [2.05, 4.69) is 54.2 Å². The van der Waals surface area contributed by atoms with E-state index in [1.807, 2.05) is 37.0 Å². The first-order valence-electron chi connectivity index (χ1n) is 16.5.